The second-order valence-electron chi connectivity index (χ2n) is 3.64. The van der Waals surface area contributed by atoms with E-state index in [-0.39, 0.29) is 0 Å². The maximum absolute atomic E-state index is 10.5. The molecule has 2 nitrogen and oxygen atoms in total. The summed E-state index contributed by atoms with van der Waals surface area (Å²) in [7, 11) is 0. The number of rotatable bonds is 3. The third-order valence-electron chi connectivity index (χ3n) is 2.57. The van der Waals surface area contributed by atoms with E-state index in [2.05, 4.69) is 0 Å². The second-order valence-corrected chi connectivity index (χ2v) is 3.64. The minimum atomic E-state index is 0.560. The van der Waals surface area contributed by atoms with E-state index in [1.54, 1.807) is 0 Å². The number of benzene rings is 2. The molecule has 2 N–H and O–H groups in total. The van der Waals surface area contributed by atoms with Crippen molar-refractivity contribution >= 4 is 6.29 Å². The van der Waals surface area contributed by atoms with Crippen LogP contribution in [0.2, 0.25) is 0 Å². The van der Waals surface area contributed by atoms with Crippen LogP contribution in [0.25, 0.3) is 11.1 Å². The van der Waals surface area contributed by atoms with Crippen molar-refractivity contribution in [1.29, 1.82) is 0 Å². The van der Waals surface area contributed by atoms with Crippen molar-refractivity contribution in [2.24, 2.45) is 5.73 Å². The summed E-state index contributed by atoms with van der Waals surface area (Å²) in [5, 5.41) is 0. The Hall–Kier alpha value is -1.93. The van der Waals surface area contributed by atoms with Crippen molar-refractivity contribution in [2.45, 2.75) is 6.54 Å². The van der Waals surface area contributed by atoms with Gasteiger partial charge in [0.05, 0.1) is 0 Å². The Kier molecular flexibility index (Phi) is 3.13. The molecule has 0 amide bonds. The molecule has 2 aromatic carbocycles. The predicted octanol–water partition coefficient (Wildman–Crippen LogP) is 2.62. The van der Waals surface area contributed by atoms with E-state index in [9.17, 15) is 4.79 Å². The van der Waals surface area contributed by atoms with E-state index in [1.807, 2.05) is 48.5 Å². The average Bonchev–Trinajstić information content (AvgIpc) is 2.39. The molecular formula is C14H13NO. The summed E-state index contributed by atoms with van der Waals surface area (Å²) < 4.78 is 0. The standard InChI is InChI=1S/C14H13NO/c15-9-11-1-5-13(6-2-11)14-7-3-12(10-16)4-8-14/h1-8,10H,9,15H2. The molecule has 2 heteroatoms. The first kappa shape index (κ1) is 10.6. The van der Waals surface area contributed by atoms with Crippen molar-refractivity contribution in [1.82, 2.24) is 0 Å². The number of hydrogen-bond donors (Lipinski definition) is 1. The number of aldehydes is 1. The molecule has 0 saturated heterocycles. The van der Waals surface area contributed by atoms with Crippen molar-refractivity contribution in [3.05, 3.63) is 59.7 Å². The highest BCUT2D eigenvalue weighted by Crippen LogP contribution is 2.19. The fourth-order valence-corrected chi connectivity index (χ4v) is 1.59. The van der Waals surface area contributed by atoms with Crippen LogP contribution in [0.15, 0.2) is 48.5 Å². The quantitative estimate of drug-likeness (QED) is 0.793. The molecular weight excluding hydrogens is 198 g/mol. The van der Waals surface area contributed by atoms with Gasteiger partial charge in [0.1, 0.15) is 6.29 Å². The maximum Gasteiger partial charge on any atom is 0.150 e. The highest BCUT2D eigenvalue weighted by molar-refractivity contribution is 5.76. The van der Waals surface area contributed by atoms with E-state index in [4.69, 9.17) is 5.73 Å². The smallest absolute Gasteiger partial charge is 0.150 e. The van der Waals surface area contributed by atoms with Crippen LogP contribution < -0.4 is 5.73 Å². The molecule has 0 fully saturated rings. The minimum Gasteiger partial charge on any atom is -0.326 e. The Morgan fingerprint density at radius 1 is 0.875 bits per heavy atom. The van der Waals surface area contributed by atoms with Crippen LogP contribution in [0.3, 0.4) is 0 Å². The molecule has 2 rings (SSSR count). The Morgan fingerprint density at radius 3 is 1.81 bits per heavy atom. The van der Waals surface area contributed by atoms with Gasteiger partial charge in [-0.05, 0) is 16.7 Å². The zero-order valence-electron chi connectivity index (χ0n) is 8.89. The Morgan fingerprint density at radius 2 is 1.38 bits per heavy atom. The molecule has 0 aromatic heterocycles. The van der Waals surface area contributed by atoms with Gasteiger partial charge in [0.15, 0.2) is 0 Å². The van der Waals surface area contributed by atoms with Crippen LogP contribution in [0.1, 0.15) is 15.9 Å². The van der Waals surface area contributed by atoms with Gasteiger partial charge in [-0.1, -0.05) is 48.5 Å². The molecule has 80 valence electrons. The van der Waals surface area contributed by atoms with E-state index in [0.717, 1.165) is 23.0 Å². The molecule has 0 saturated carbocycles. The van der Waals surface area contributed by atoms with E-state index >= 15 is 0 Å². The summed E-state index contributed by atoms with van der Waals surface area (Å²) in [6.07, 6.45) is 0.849. The van der Waals surface area contributed by atoms with Gasteiger partial charge in [0.2, 0.25) is 0 Å². The summed E-state index contributed by atoms with van der Waals surface area (Å²) >= 11 is 0. The van der Waals surface area contributed by atoms with Crippen molar-refractivity contribution in [3.63, 3.8) is 0 Å². The number of carbonyl (C=O) groups excluding carboxylic acids is 1. The van der Waals surface area contributed by atoms with Crippen molar-refractivity contribution < 1.29 is 4.79 Å². The third-order valence-corrected chi connectivity index (χ3v) is 2.57. The van der Waals surface area contributed by atoms with E-state index < -0.39 is 0 Å². The van der Waals surface area contributed by atoms with Gasteiger partial charge in [-0.3, -0.25) is 4.79 Å². The van der Waals surface area contributed by atoms with Crippen LogP contribution in [-0.2, 0) is 6.54 Å². The molecule has 0 heterocycles. The maximum atomic E-state index is 10.5. The highest BCUT2D eigenvalue weighted by Gasteiger charge is 1.97. The van der Waals surface area contributed by atoms with Crippen LogP contribution in [-0.4, -0.2) is 6.29 Å². The van der Waals surface area contributed by atoms with Gasteiger partial charge in [0, 0.05) is 12.1 Å². The lowest BCUT2D eigenvalue weighted by Gasteiger charge is -2.03. The third kappa shape index (κ3) is 2.18. The van der Waals surface area contributed by atoms with Gasteiger partial charge < -0.3 is 5.73 Å². The topological polar surface area (TPSA) is 43.1 Å². The normalized spacial score (nSPS) is 10.1. The van der Waals surface area contributed by atoms with Crippen LogP contribution in [0.4, 0.5) is 0 Å². The van der Waals surface area contributed by atoms with Gasteiger partial charge in [-0.15, -0.1) is 0 Å². The first-order chi connectivity index (χ1) is 7.83. The average molecular weight is 211 g/mol. The zero-order valence-corrected chi connectivity index (χ0v) is 8.89. The van der Waals surface area contributed by atoms with Gasteiger partial charge >= 0.3 is 0 Å². The summed E-state index contributed by atoms with van der Waals surface area (Å²) in [5.41, 5.74) is 9.59. The predicted molar refractivity (Wildman–Crippen MR) is 65.2 cm³/mol. The first-order valence-electron chi connectivity index (χ1n) is 5.18. The zero-order chi connectivity index (χ0) is 11.4. The largest absolute Gasteiger partial charge is 0.326 e. The van der Waals surface area contributed by atoms with Gasteiger partial charge in [0.25, 0.3) is 0 Å². The summed E-state index contributed by atoms with van der Waals surface area (Å²) in [5.74, 6) is 0. The van der Waals surface area contributed by atoms with Crippen molar-refractivity contribution in [2.75, 3.05) is 0 Å². The molecule has 0 aliphatic rings. The van der Waals surface area contributed by atoms with E-state index in [1.165, 1.54) is 0 Å². The van der Waals surface area contributed by atoms with Gasteiger partial charge in [-0.2, -0.15) is 0 Å². The lowest BCUT2D eigenvalue weighted by Crippen LogP contribution is -1.95. The van der Waals surface area contributed by atoms with Crippen molar-refractivity contribution in [3.8, 4) is 11.1 Å². The molecule has 0 atom stereocenters. The number of nitrogens with two attached hydrogens (primary N) is 1. The Labute approximate surface area is 94.7 Å². The lowest BCUT2D eigenvalue weighted by atomic mass is 10.0. The van der Waals surface area contributed by atoms with Crippen LogP contribution >= 0.6 is 0 Å². The molecule has 0 radical (unpaired) electrons. The molecule has 0 aliphatic heterocycles. The van der Waals surface area contributed by atoms with Gasteiger partial charge in [-0.25, -0.2) is 0 Å². The fourth-order valence-electron chi connectivity index (χ4n) is 1.59. The number of carbonyl (C=O) groups is 1. The Bertz CT molecular complexity index is 471. The Balaban J connectivity index is 2.31. The van der Waals surface area contributed by atoms with Crippen LogP contribution in [0, 0.1) is 0 Å². The summed E-state index contributed by atoms with van der Waals surface area (Å²) in [6.45, 7) is 0.560. The highest BCUT2D eigenvalue weighted by atomic mass is 16.1. The minimum absolute atomic E-state index is 0.560. The summed E-state index contributed by atoms with van der Waals surface area (Å²) in [4.78, 5) is 10.5. The fraction of sp³-hybridized carbons (Fsp3) is 0.0714. The summed E-state index contributed by atoms with van der Waals surface area (Å²) in [6, 6.07) is 15.6. The second kappa shape index (κ2) is 4.73. The van der Waals surface area contributed by atoms with E-state index in [0.29, 0.717) is 12.1 Å². The number of hydrogen-bond acceptors (Lipinski definition) is 2. The lowest BCUT2D eigenvalue weighted by molar-refractivity contribution is 0.112. The molecule has 0 spiro atoms. The van der Waals surface area contributed by atoms with Crippen LogP contribution in [0.5, 0.6) is 0 Å². The molecule has 0 bridgehead atoms. The molecule has 2 aromatic rings. The first-order valence-corrected chi connectivity index (χ1v) is 5.18. The molecule has 0 unspecified atom stereocenters. The SMILES string of the molecule is NCc1ccc(-c2ccc(C=O)cc2)cc1. The monoisotopic (exact) mass is 211 g/mol. The molecule has 16 heavy (non-hydrogen) atoms. The molecule has 0 aliphatic carbocycles.